The molecule has 0 saturated carbocycles. The van der Waals surface area contributed by atoms with Crippen LogP contribution in [-0.4, -0.2) is 34.6 Å². The number of nitrogens with one attached hydrogen (secondary N) is 1. The molecule has 1 aliphatic rings. The lowest BCUT2D eigenvalue weighted by Gasteiger charge is -2.40. The van der Waals surface area contributed by atoms with Crippen LogP contribution in [0.25, 0.3) is 0 Å². The van der Waals surface area contributed by atoms with E-state index in [-0.39, 0.29) is 5.54 Å². The molecule has 1 unspecified atom stereocenters. The molecule has 0 aliphatic carbocycles. The molecular weight excluding hydrogens is 210 g/mol. The zero-order chi connectivity index (χ0) is 12.3. The van der Waals surface area contributed by atoms with Crippen molar-refractivity contribution in [3.05, 3.63) is 30.1 Å². The van der Waals surface area contributed by atoms with Crippen LogP contribution in [0.1, 0.15) is 32.8 Å². The molecule has 1 aliphatic heterocycles. The maximum Gasteiger partial charge on any atom is 0.0312 e. The van der Waals surface area contributed by atoms with Gasteiger partial charge in [0, 0.05) is 37.1 Å². The van der Waals surface area contributed by atoms with Gasteiger partial charge in [-0.25, -0.2) is 0 Å². The number of aromatic nitrogens is 1. The van der Waals surface area contributed by atoms with E-state index in [1.54, 1.807) is 0 Å². The van der Waals surface area contributed by atoms with Gasteiger partial charge in [0.05, 0.1) is 0 Å². The highest BCUT2D eigenvalue weighted by Gasteiger charge is 2.32. The largest absolute Gasteiger partial charge is 0.315 e. The van der Waals surface area contributed by atoms with Crippen LogP contribution in [0.2, 0.25) is 0 Å². The summed E-state index contributed by atoms with van der Waals surface area (Å²) in [7, 11) is 0. The molecule has 0 aromatic carbocycles. The molecule has 0 spiro atoms. The standard InChI is InChI=1S/C14H23N3/c1-12-9-16-8-6-14(2,3)17(12)11-13-5-4-7-15-10-13/h4-5,7,10,12,16H,6,8-9,11H2,1-3H3. The zero-order valence-electron chi connectivity index (χ0n) is 11.1. The van der Waals surface area contributed by atoms with Crippen LogP contribution in [-0.2, 0) is 6.54 Å². The first-order chi connectivity index (χ1) is 8.09. The first-order valence-corrected chi connectivity index (χ1v) is 6.46. The van der Waals surface area contributed by atoms with E-state index >= 15 is 0 Å². The molecule has 3 heteroatoms. The van der Waals surface area contributed by atoms with Crippen LogP contribution in [0.5, 0.6) is 0 Å². The van der Waals surface area contributed by atoms with Crippen LogP contribution >= 0.6 is 0 Å². The number of pyridine rings is 1. The third-order valence-corrected chi connectivity index (χ3v) is 3.74. The van der Waals surface area contributed by atoms with Gasteiger partial charge in [-0.1, -0.05) is 6.07 Å². The highest BCUT2D eigenvalue weighted by Crippen LogP contribution is 2.25. The molecular formula is C14H23N3. The number of nitrogens with zero attached hydrogens (tertiary/aromatic N) is 2. The fourth-order valence-corrected chi connectivity index (χ4v) is 2.61. The SMILES string of the molecule is CC1CNCCC(C)(C)N1Cc1cccnc1. The van der Waals surface area contributed by atoms with Crippen molar-refractivity contribution in [2.75, 3.05) is 13.1 Å². The summed E-state index contributed by atoms with van der Waals surface area (Å²) < 4.78 is 0. The van der Waals surface area contributed by atoms with Crippen molar-refractivity contribution in [2.45, 2.75) is 45.3 Å². The fraction of sp³-hybridized carbons (Fsp3) is 0.643. The van der Waals surface area contributed by atoms with E-state index in [4.69, 9.17) is 0 Å². The predicted octanol–water partition coefficient (Wildman–Crippen LogP) is 2.04. The predicted molar refractivity (Wildman–Crippen MR) is 70.8 cm³/mol. The first-order valence-electron chi connectivity index (χ1n) is 6.46. The Balaban J connectivity index is 2.15. The molecule has 1 aromatic rings. The van der Waals surface area contributed by atoms with Gasteiger partial charge in [0.15, 0.2) is 0 Å². The van der Waals surface area contributed by atoms with Gasteiger partial charge in [-0.05, 0) is 45.4 Å². The van der Waals surface area contributed by atoms with E-state index in [1.807, 2.05) is 18.5 Å². The Kier molecular flexibility index (Phi) is 3.79. The lowest BCUT2D eigenvalue weighted by molar-refractivity contribution is 0.0770. The second-order valence-electron chi connectivity index (χ2n) is 5.60. The molecule has 1 N–H and O–H groups in total. The Bertz CT molecular complexity index is 348. The van der Waals surface area contributed by atoms with Crippen molar-refractivity contribution in [2.24, 2.45) is 0 Å². The Morgan fingerprint density at radius 3 is 3.06 bits per heavy atom. The fourth-order valence-electron chi connectivity index (χ4n) is 2.61. The number of hydrogen-bond donors (Lipinski definition) is 1. The summed E-state index contributed by atoms with van der Waals surface area (Å²) in [4.78, 5) is 6.79. The molecule has 3 nitrogen and oxygen atoms in total. The van der Waals surface area contributed by atoms with Crippen LogP contribution in [0.4, 0.5) is 0 Å². The Morgan fingerprint density at radius 2 is 2.35 bits per heavy atom. The van der Waals surface area contributed by atoms with Gasteiger partial charge in [0.25, 0.3) is 0 Å². The lowest BCUT2D eigenvalue weighted by Crippen LogP contribution is -2.48. The van der Waals surface area contributed by atoms with Crippen molar-refractivity contribution >= 4 is 0 Å². The highest BCUT2D eigenvalue weighted by atomic mass is 15.2. The van der Waals surface area contributed by atoms with Crippen LogP contribution in [0.3, 0.4) is 0 Å². The van der Waals surface area contributed by atoms with E-state index in [0.29, 0.717) is 6.04 Å². The lowest BCUT2D eigenvalue weighted by atomic mass is 9.96. The Hall–Kier alpha value is -0.930. The molecule has 1 atom stereocenters. The van der Waals surface area contributed by atoms with Gasteiger partial charge < -0.3 is 5.32 Å². The zero-order valence-corrected chi connectivity index (χ0v) is 11.1. The van der Waals surface area contributed by atoms with E-state index < -0.39 is 0 Å². The normalized spacial score (nSPS) is 25.5. The minimum absolute atomic E-state index is 0.249. The molecule has 2 rings (SSSR count). The molecule has 0 amide bonds. The second-order valence-corrected chi connectivity index (χ2v) is 5.60. The first kappa shape index (κ1) is 12.5. The van der Waals surface area contributed by atoms with Crippen LogP contribution < -0.4 is 5.32 Å². The van der Waals surface area contributed by atoms with Crippen molar-refractivity contribution in [1.29, 1.82) is 0 Å². The minimum Gasteiger partial charge on any atom is -0.315 e. The maximum atomic E-state index is 4.20. The molecule has 0 bridgehead atoms. The summed E-state index contributed by atoms with van der Waals surface area (Å²) in [5, 5.41) is 3.51. The van der Waals surface area contributed by atoms with Gasteiger partial charge in [-0.2, -0.15) is 0 Å². The third-order valence-electron chi connectivity index (χ3n) is 3.74. The average Bonchev–Trinajstić information content (AvgIpc) is 2.43. The Morgan fingerprint density at radius 1 is 1.53 bits per heavy atom. The van der Waals surface area contributed by atoms with Crippen molar-refractivity contribution in [3.8, 4) is 0 Å². The maximum absolute atomic E-state index is 4.20. The number of hydrogen-bond acceptors (Lipinski definition) is 3. The van der Waals surface area contributed by atoms with Crippen LogP contribution in [0, 0.1) is 0 Å². The molecule has 17 heavy (non-hydrogen) atoms. The van der Waals surface area contributed by atoms with Crippen LogP contribution in [0.15, 0.2) is 24.5 Å². The quantitative estimate of drug-likeness (QED) is 0.847. The monoisotopic (exact) mass is 233 g/mol. The Labute approximate surface area is 104 Å². The van der Waals surface area contributed by atoms with Gasteiger partial charge in [0.1, 0.15) is 0 Å². The molecule has 1 fully saturated rings. The van der Waals surface area contributed by atoms with Crippen molar-refractivity contribution in [1.82, 2.24) is 15.2 Å². The second kappa shape index (κ2) is 5.15. The van der Waals surface area contributed by atoms with E-state index in [2.05, 4.69) is 42.0 Å². The van der Waals surface area contributed by atoms with E-state index in [1.165, 1.54) is 12.0 Å². The molecule has 1 aromatic heterocycles. The molecule has 2 heterocycles. The van der Waals surface area contributed by atoms with E-state index in [9.17, 15) is 0 Å². The summed E-state index contributed by atoms with van der Waals surface area (Å²) in [5.74, 6) is 0. The summed E-state index contributed by atoms with van der Waals surface area (Å²) in [5.41, 5.74) is 1.55. The van der Waals surface area contributed by atoms with Gasteiger partial charge >= 0.3 is 0 Å². The van der Waals surface area contributed by atoms with Crippen molar-refractivity contribution < 1.29 is 0 Å². The highest BCUT2D eigenvalue weighted by molar-refractivity contribution is 5.09. The number of rotatable bonds is 2. The van der Waals surface area contributed by atoms with Crippen molar-refractivity contribution in [3.63, 3.8) is 0 Å². The van der Waals surface area contributed by atoms with Gasteiger partial charge in [-0.15, -0.1) is 0 Å². The molecule has 94 valence electrons. The summed E-state index contributed by atoms with van der Waals surface area (Å²) in [6.07, 6.45) is 5.00. The topological polar surface area (TPSA) is 28.2 Å². The smallest absolute Gasteiger partial charge is 0.0312 e. The minimum atomic E-state index is 0.249. The third kappa shape index (κ3) is 3.05. The molecule has 1 saturated heterocycles. The summed E-state index contributed by atoms with van der Waals surface area (Å²) in [6, 6.07) is 4.74. The average molecular weight is 233 g/mol. The molecule has 0 radical (unpaired) electrons. The summed E-state index contributed by atoms with van der Waals surface area (Å²) >= 11 is 0. The summed E-state index contributed by atoms with van der Waals surface area (Å²) in [6.45, 7) is 10.2. The van der Waals surface area contributed by atoms with E-state index in [0.717, 1.165) is 19.6 Å². The van der Waals surface area contributed by atoms with Gasteiger partial charge in [-0.3, -0.25) is 9.88 Å². The van der Waals surface area contributed by atoms with Gasteiger partial charge in [0.2, 0.25) is 0 Å².